The second-order valence-corrected chi connectivity index (χ2v) is 8.77. The van der Waals surface area contributed by atoms with Crippen LogP contribution in [0.5, 0.6) is 0 Å². The zero-order valence-electron chi connectivity index (χ0n) is 17.0. The van der Waals surface area contributed by atoms with Crippen LogP contribution < -0.4 is 10.6 Å². The highest BCUT2D eigenvalue weighted by Gasteiger charge is 2.13. The number of nitrogens with zero attached hydrogens (tertiary/aromatic N) is 3. The van der Waals surface area contributed by atoms with Crippen molar-refractivity contribution in [2.24, 2.45) is 0 Å². The number of carbonyl (C=O) groups excluding carboxylic acids is 1. The van der Waals surface area contributed by atoms with E-state index in [-0.39, 0.29) is 5.91 Å². The summed E-state index contributed by atoms with van der Waals surface area (Å²) in [7, 11) is 0. The predicted octanol–water partition coefficient (Wildman–Crippen LogP) is 6.09. The summed E-state index contributed by atoms with van der Waals surface area (Å²) in [6.07, 6.45) is 3.39. The van der Waals surface area contributed by atoms with Gasteiger partial charge in [0.05, 0.1) is 26.9 Å². The normalized spacial score (nSPS) is 11.0. The molecule has 6 nitrogen and oxygen atoms in total. The number of fused-ring (bicyclic) bond motifs is 1. The molecule has 0 atom stereocenters. The number of carbonyl (C=O) groups is 1. The molecule has 0 fully saturated rings. The Hall–Kier alpha value is -2.61. The first kappa shape index (κ1) is 22.6. The van der Waals surface area contributed by atoms with Crippen LogP contribution in [0.4, 0.5) is 5.82 Å². The fourth-order valence-corrected chi connectivity index (χ4v) is 4.08. The number of hydrogen-bond acceptors (Lipinski definition) is 4. The molecule has 4 aromatic rings. The minimum atomic E-state index is -0.162. The van der Waals surface area contributed by atoms with Crippen molar-refractivity contribution in [2.75, 3.05) is 18.4 Å². The first-order valence-electron chi connectivity index (χ1n) is 10.1. The van der Waals surface area contributed by atoms with Crippen molar-refractivity contribution in [1.82, 2.24) is 19.9 Å². The largest absolute Gasteiger partial charge is 0.370 e. The van der Waals surface area contributed by atoms with Crippen LogP contribution in [-0.4, -0.2) is 33.6 Å². The highest BCUT2D eigenvalue weighted by atomic mass is 79.9. The Labute approximate surface area is 204 Å². The molecule has 0 aliphatic rings. The summed E-state index contributed by atoms with van der Waals surface area (Å²) in [5.41, 5.74) is 2.81. The summed E-state index contributed by atoms with van der Waals surface area (Å²) >= 11 is 16.0. The number of nitrogens with one attached hydrogen (secondary N) is 2. The first-order chi connectivity index (χ1) is 15.5. The highest BCUT2D eigenvalue weighted by Crippen LogP contribution is 2.30. The van der Waals surface area contributed by atoms with E-state index < -0.39 is 0 Å². The molecule has 0 radical (unpaired) electrons. The lowest BCUT2D eigenvalue weighted by molar-refractivity contribution is 0.0953. The van der Waals surface area contributed by atoms with Crippen LogP contribution >= 0.6 is 39.1 Å². The molecule has 4 rings (SSSR count). The van der Waals surface area contributed by atoms with Gasteiger partial charge in [-0.15, -0.1) is 0 Å². The molecule has 2 N–H and O–H groups in total. The maximum absolute atomic E-state index is 12.2. The van der Waals surface area contributed by atoms with Gasteiger partial charge in [-0.3, -0.25) is 4.79 Å². The van der Waals surface area contributed by atoms with E-state index in [4.69, 9.17) is 28.2 Å². The molecular weight excluding hydrogens is 513 g/mol. The van der Waals surface area contributed by atoms with Gasteiger partial charge < -0.3 is 10.6 Å². The van der Waals surface area contributed by atoms with Crippen molar-refractivity contribution in [3.63, 3.8) is 0 Å². The van der Waals surface area contributed by atoms with Crippen molar-refractivity contribution in [1.29, 1.82) is 0 Å². The van der Waals surface area contributed by atoms with Gasteiger partial charge in [0.1, 0.15) is 5.82 Å². The average Bonchev–Trinajstić information content (AvgIpc) is 3.17. The fourth-order valence-electron chi connectivity index (χ4n) is 3.28. The van der Waals surface area contributed by atoms with Crippen LogP contribution in [0.2, 0.25) is 10.0 Å². The van der Waals surface area contributed by atoms with Crippen molar-refractivity contribution in [2.45, 2.75) is 12.8 Å². The molecule has 32 heavy (non-hydrogen) atoms. The highest BCUT2D eigenvalue weighted by molar-refractivity contribution is 9.10. The Morgan fingerprint density at radius 2 is 1.72 bits per heavy atom. The van der Waals surface area contributed by atoms with Crippen LogP contribution in [0.25, 0.3) is 16.9 Å². The lowest BCUT2D eigenvalue weighted by atomic mass is 10.1. The van der Waals surface area contributed by atoms with E-state index in [9.17, 15) is 4.79 Å². The van der Waals surface area contributed by atoms with Gasteiger partial charge in [-0.2, -0.15) is 9.61 Å². The topological polar surface area (TPSA) is 71.3 Å². The third kappa shape index (κ3) is 5.06. The predicted molar refractivity (Wildman–Crippen MR) is 133 cm³/mol. The van der Waals surface area contributed by atoms with Gasteiger partial charge >= 0.3 is 0 Å². The van der Waals surface area contributed by atoms with E-state index in [0.29, 0.717) is 34.3 Å². The van der Waals surface area contributed by atoms with E-state index in [1.165, 1.54) is 0 Å². The van der Waals surface area contributed by atoms with Crippen LogP contribution in [0, 0.1) is 0 Å². The molecule has 2 aromatic carbocycles. The second kappa shape index (κ2) is 10.3. The van der Waals surface area contributed by atoms with Gasteiger partial charge in [-0.05, 0) is 47.0 Å². The molecule has 2 heterocycles. The molecule has 1 amide bonds. The standard InChI is InChI=1S/C23H20BrCl2N5O/c24-17-14-29-31-21(13-20(30-22(17)31)15-7-1-3-9-18(15)25)27-11-5-6-12-28-23(32)16-8-2-4-10-19(16)26/h1-4,7-10,13-14,27H,5-6,11-12H2,(H,28,32). The number of amides is 1. The zero-order valence-corrected chi connectivity index (χ0v) is 20.1. The Bertz CT molecular complexity index is 1260. The minimum Gasteiger partial charge on any atom is -0.370 e. The maximum Gasteiger partial charge on any atom is 0.252 e. The van der Waals surface area contributed by atoms with Crippen molar-refractivity contribution < 1.29 is 4.79 Å². The quantitative estimate of drug-likeness (QED) is 0.269. The fraction of sp³-hybridized carbons (Fsp3) is 0.174. The molecule has 0 aliphatic carbocycles. The van der Waals surface area contributed by atoms with Crippen molar-refractivity contribution >= 4 is 56.5 Å². The van der Waals surface area contributed by atoms with Crippen LogP contribution in [-0.2, 0) is 0 Å². The summed E-state index contributed by atoms with van der Waals surface area (Å²) in [5.74, 6) is 0.654. The lowest BCUT2D eigenvalue weighted by Crippen LogP contribution is -2.25. The molecule has 9 heteroatoms. The number of rotatable bonds is 8. The van der Waals surface area contributed by atoms with E-state index in [0.717, 1.165) is 34.4 Å². The smallest absolute Gasteiger partial charge is 0.252 e. The Morgan fingerprint density at radius 3 is 2.50 bits per heavy atom. The van der Waals surface area contributed by atoms with Crippen LogP contribution in [0.3, 0.4) is 0 Å². The SMILES string of the molecule is O=C(NCCCCNc1cc(-c2ccccc2Cl)nc2c(Br)cnn12)c1ccccc1Cl. The summed E-state index contributed by atoms with van der Waals surface area (Å²) in [6, 6.07) is 16.6. The molecule has 0 aliphatic heterocycles. The van der Waals surface area contributed by atoms with Crippen molar-refractivity contribution in [3.05, 3.63) is 80.9 Å². The van der Waals surface area contributed by atoms with Crippen LogP contribution in [0.1, 0.15) is 23.2 Å². The third-order valence-corrected chi connectivity index (χ3v) is 6.11. The molecule has 0 saturated carbocycles. The van der Waals surface area contributed by atoms with Gasteiger partial charge in [-0.1, -0.05) is 53.5 Å². The third-order valence-electron chi connectivity index (χ3n) is 4.89. The number of benzene rings is 2. The molecule has 0 spiro atoms. The van der Waals surface area contributed by atoms with Gasteiger partial charge in [0.15, 0.2) is 5.65 Å². The first-order valence-corrected chi connectivity index (χ1v) is 11.7. The second-order valence-electron chi connectivity index (χ2n) is 7.10. The number of anilines is 1. The molecule has 164 valence electrons. The van der Waals surface area contributed by atoms with Crippen molar-refractivity contribution in [3.8, 4) is 11.3 Å². The summed E-state index contributed by atoms with van der Waals surface area (Å²) < 4.78 is 2.56. The van der Waals surface area contributed by atoms with Crippen LogP contribution in [0.15, 0.2) is 65.3 Å². The monoisotopic (exact) mass is 531 g/mol. The Morgan fingerprint density at radius 1 is 1.00 bits per heavy atom. The molecular formula is C23H20BrCl2N5O. The Kier molecular flexibility index (Phi) is 7.29. The minimum absolute atomic E-state index is 0.162. The molecule has 0 bridgehead atoms. The molecule has 0 unspecified atom stereocenters. The number of unbranched alkanes of at least 4 members (excludes halogenated alkanes) is 1. The van der Waals surface area contributed by atoms with Gasteiger partial charge in [0, 0.05) is 29.7 Å². The Balaban J connectivity index is 1.38. The lowest BCUT2D eigenvalue weighted by Gasteiger charge is -2.12. The number of halogens is 3. The van der Waals surface area contributed by atoms with Gasteiger partial charge in [0.2, 0.25) is 0 Å². The molecule has 2 aromatic heterocycles. The summed E-state index contributed by atoms with van der Waals surface area (Å²) in [4.78, 5) is 16.9. The maximum atomic E-state index is 12.2. The van der Waals surface area contributed by atoms with E-state index >= 15 is 0 Å². The van der Waals surface area contributed by atoms with E-state index in [2.05, 4.69) is 31.7 Å². The zero-order chi connectivity index (χ0) is 22.5. The molecule has 0 saturated heterocycles. The average molecular weight is 533 g/mol. The number of aromatic nitrogens is 3. The summed E-state index contributed by atoms with van der Waals surface area (Å²) in [5, 5.41) is 11.8. The van der Waals surface area contributed by atoms with Gasteiger partial charge in [0.25, 0.3) is 5.91 Å². The van der Waals surface area contributed by atoms with E-state index in [1.807, 2.05) is 30.3 Å². The van der Waals surface area contributed by atoms with E-state index in [1.54, 1.807) is 35.0 Å². The summed E-state index contributed by atoms with van der Waals surface area (Å²) in [6.45, 7) is 1.27. The number of hydrogen-bond donors (Lipinski definition) is 2. The van der Waals surface area contributed by atoms with Gasteiger partial charge in [-0.25, -0.2) is 4.98 Å².